The van der Waals surface area contributed by atoms with E-state index < -0.39 is 4.92 Å². The first-order valence-electron chi connectivity index (χ1n) is 12.5. The number of ether oxygens (including phenoxy) is 1. The number of nitro groups is 1. The van der Waals surface area contributed by atoms with Crippen molar-refractivity contribution in [1.29, 1.82) is 5.26 Å². The maximum atomic E-state index is 11.2. The van der Waals surface area contributed by atoms with E-state index in [1.165, 1.54) is 17.7 Å². The molecule has 3 aromatic rings. The number of aryl methyl sites for hydroxylation is 1. The van der Waals surface area contributed by atoms with Gasteiger partial charge in [-0.1, -0.05) is 13.3 Å². The molecule has 0 unspecified atom stereocenters. The Morgan fingerprint density at radius 2 is 1.95 bits per heavy atom. The molecular weight excluding hydrogens is 464 g/mol. The van der Waals surface area contributed by atoms with Gasteiger partial charge in [0.05, 0.1) is 34.0 Å². The van der Waals surface area contributed by atoms with Crippen LogP contribution in [0.15, 0.2) is 77.8 Å². The van der Waals surface area contributed by atoms with E-state index in [9.17, 15) is 15.4 Å². The summed E-state index contributed by atoms with van der Waals surface area (Å²) in [7, 11) is 0. The van der Waals surface area contributed by atoms with Crippen LogP contribution in [0.2, 0.25) is 0 Å². The lowest BCUT2D eigenvalue weighted by Gasteiger charge is -2.26. The van der Waals surface area contributed by atoms with Crippen LogP contribution >= 0.6 is 0 Å². The van der Waals surface area contributed by atoms with Crippen LogP contribution in [-0.2, 0) is 6.42 Å². The lowest BCUT2D eigenvalue weighted by Crippen LogP contribution is -2.12. The molecule has 0 N–H and O–H groups in total. The standard InChI is InChI=1S/C30H26N4O3/c1-2-3-5-20-10-12-32-27(14-20)28-17-21(11-13-33-28)25(19-31)16-24-7-4-6-23-15-22-8-9-26(34(35)36)18-29(22)37-30(23)24/h8-18H,2-7H2,1H3/b25-16+. The molecule has 1 aromatic carbocycles. The summed E-state index contributed by atoms with van der Waals surface area (Å²) >= 11 is 0. The molecular formula is C30H26N4O3. The van der Waals surface area contributed by atoms with Gasteiger partial charge < -0.3 is 4.74 Å². The number of aromatic nitrogens is 2. The number of pyridine rings is 2. The highest BCUT2D eigenvalue weighted by atomic mass is 16.6. The molecule has 1 aliphatic carbocycles. The summed E-state index contributed by atoms with van der Waals surface area (Å²) in [6.45, 7) is 2.17. The van der Waals surface area contributed by atoms with Crippen molar-refractivity contribution in [2.45, 2.75) is 45.4 Å². The zero-order valence-corrected chi connectivity index (χ0v) is 20.6. The number of hydrogen-bond acceptors (Lipinski definition) is 6. The first kappa shape index (κ1) is 24.1. The Morgan fingerprint density at radius 3 is 2.73 bits per heavy atom. The molecule has 7 heteroatoms. The number of allylic oxidation sites excluding steroid dienone is 4. The number of fused-ring (bicyclic) bond motifs is 2. The van der Waals surface area contributed by atoms with Gasteiger partial charge in [0.15, 0.2) is 0 Å². The maximum absolute atomic E-state index is 11.2. The van der Waals surface area contributed by atoms with E-state index in [0.29, 0.717) is 22.8 Å². The van der Waals surface area contributed by atoms with Gasteiger partial charge in [-0.25, -0.2) is 0 Å². The van der Waals surface area contributed by atoms with Gasteiger partial charge in [-0.2, -0.15) is 5.26 Å². The molecule has 1 aliphatic heterocycles. The second kappa shape index (κ2) is 10.6. The quantitative estimate of drug-likeness (QED) is 0.197. The maximum Gasteiger partial charge on any atom is 0.273 e. The number of nitro benzene ring substituents is 1. The summed E-state index contributed by atoms with van der Waals surface area (Å²) in [6.07, 6.45) is 13.2. The normalized spacial score (nSPS) is 14.7. The molecule has 2 aliphatic rings. The molecule has 0 fully saturated rings. The van der Waals surface area contributed by atoms with Crippen molar-refractivity contribution in [3.05, 3.63) is 105 Å². The van der Waals surface area contributed by atoms with E-state index in [1.807, 2.05) is 30.4 Å². The average molecular weight is 491 g/mol. The molecule has 2 aromatic heterocycles. The third kappa shape index (κ3) is 5.19. The fourth-order valence-corrected chi connectivity index (χ4v) is 4.69. The van der Waals surface area contributed by atoms with E-state index in [0.717, 1.165) is 66.5 Å². The third-order valence-corrected chi connectivity index (χ3v) is 6.64. The monoisotopic (exact) mass is 490 g/mol. The van der Waals surface area contributed by atoms with Crippen LogP contribution in [0.4, 0.5) is 5.69 Å². The van der Waals surface area contributed by atoms with E-state index in [1.54, 1.807) is 18.5 Å². The van der Waals surface area contributed by atoms with Crippen LogP contribution in [0.25, 0.3) is 23.0 Å². The van der Waals surface area contributed by atoms with Gasteiger partial charge in [-0.3, -0.25) is 20.1 Å². The minimum absolute atomic E-state index is 0.0153. The Labute approximate surface area is 215 Å². The van der Waals surface area contributed by atoms with E-state index >= 15 is 0 Å². The van der Waals surface area contributed by atoms with Crippen LogP contribution in [0.1, 0.15) is 55.7 Å². The van der Waals surface area contributed by atoms with Crippen molar-refractivity contribution in [2.24, 2.45) is 0 Å². The zero-order chi connectivity index (χ0) is 25.8. The number of unbranched alkanes of at least 4 members (excludes halogenated alkanes) is 1. The molecule has 37 heavy (non-hydrogen) atoms. The Bertz CT molecular complexity index is 1510. The highest BCUT2D eigenvalue weighted by Gasteiger charge is 2.25. The molecule has 5 rings (SSSR count). The first-order valence-corrected chi connectivity index (χ1v) is 12.5. The Morgan fingerprint density at radius 1 is 1.14 bits per heavy atom. The zero-order valence-electron chi connectivity index (χ0n) is 20.6. The van der Waals surface area contributed by atoms with Gasteiger partial charge in [0.1, 0.15) is 11.5 Å². The molecule has 0 saturated carbocycles. The molecule has 0 saturated heterocycles. The average Bonchev–Trinajstić information content (AvgIpc) is 2.93. The van der Waals surface area contributed by atoms with Crippen LogP contribution in [0.5, 0.6) is 5.75 Å². The summed E-state index contributed by atoms with van der Waals surface area (Å²) in [4.78, 5) is 19.8. The number of non-ortho nitro benzene ring substituents is 1. The molecule has 184 valence electrons. The third-order valence-electron chi connectivity index (χ3n) is 6.64. The highest BCUT2D eigenvalue weighted by molar-refractivity contribution is 5.81. The Balaban J connectivity index is 1.50. The van der Waals surface area contributed by atoms with Crippen LogP contribution in [-0.4, -0.2) is 14.9 Å². The van der Waals surface area contributed by atoms with Gasteiger partial charge in [-0.05, 0) is 96.9 Å². The van der Waals surface area contributed by atoms with Crippen molar-refractivity contribution >= 4 is 17.3 Å². The second-order valence-electron chi connectivity index (χ2n) is 9.21. The van der Waals surface area contributed by atoms with Crippen LogP contribution in [0, 0.1) is 21.4 Å². The molecule has 0 spiro atoms. The fraction of sp³-hybridized carbons (Fsp3) is 0.233. The molecule has 3 heterocycles. The van der Waals surface area contributed by atoms with Crippen LogP contribution in [0.3, 0.4) is 0 Å². The summed E-state index contributed by atoms with van der Waals surface area (Å²) in [5, 5.41) is 21.3. The number of hydrogen-bond donors (Lipinski definition) is 0. The fourth-order valence-electron chi connectivity index (χ4n) is 4.69. The summed E-state index contributed by atoms with van der Waals surface area (Å²) in [5.74, 6) is 1.14. The van der Waals surface area contributed by atoms with E-state index in [4.69, 9.17) is 4.74 Å². The number of rotatable bonds is 7. The minimum atomic E-state index is -0.428. The van der Waals surface area contributed by atoms with Gasteiger partial charge in [0.25, 0.3) is 5.69 Å². The second-order valence-corrected chi connectivity index (χ2v) is 9.21. The topological polar surface area (TPSA) is 102 Å². The van der Waals surface area contributed by atoms with E-state index in [-0.39, 0.29) is 5.69 Å². The summed E-state index contributed by atoms with van der Waals surface area (Å²) in [5.41, 5.74) is 6.73. The Kier molecular flexibility index (Phi) is 6.91. The smallest absolute Gasteiger partial charge is 0.273 e. The molecule has 0 radical (unpaired) electrons. The van der Waals surface area contributed by atoms with Gasteiger partial charge >= 0.3 is 0 Å². The SMILES string of the molecule is CCCCc1ccnc(-c2cc(/C(C#N)=C/C3=C4Oc5cc([N+](=O)[O-])ccc5C=C4CCC3)ccn2)c1. The van der Waals surface area contributed by atoms with Crippen molar-refractivity contribution in [3.63, 3.8) is 0 Å². The van der Waals surface area contributed by atoms with Gasteiger partial charge in [0, 0.05) is 24.0 Å². The highest BCUT2D eigenvalue weighted by Crippen LogP contribution is 2.41. The molecule has 0 atom stereocenters. The lowest BCUT2D eigenvalue weighted by atomic mass is 9.88. The predicted octanol–water partition coefficient (Wildman–Crippen LogP) is 7.22. The van der Waals surface area contributed by atoms with Crippen molar-refractivity contribution in [2.75, 3.05) is 0 Å². The molecule has 0 bridgehead atoms. The first-order chi connectivity index (χ1) is 18.1. The minimum Gasteiger partial charge on any atom is -0.456 e. The van der Waals surface area contributed by atoms with Crippen molar-refractivity contribution in [3.8, 4) is 23.2 Å². The Hall–Kier alpha value is -4.57. The van der Waals surface area contributed by atoms with Crippen molar-refractivity contribution < 1.29 is 9.66 Å². The lowest BCUT2D eigenvalue weighted by molar-refractivity contribution is -0.384. The predicted molar refractivity (Wildman–Crippen MR) is 142 cm³/mol. The summed E-state index contributed by atoms with van der Waals surface area (Å²) in [6, 6.07) is 14.8. The van der Waals surface area contributed by atoms with Gasteiger partial charge in [0.2, 0.25) is 0 Å². The van der Waals surface area contributed by atoms with Crippen molar-refractivity contribution in [1.82, 2.24) is 9.97 Å². The van der Waals surface area contributed by atoms with E-state index in [2.05, 4.69) is 29.0 Å². The molecule has 7 nitrogen and oxygen atoms in total. The van der Waals surface area contributed by atoms with Gasteiger partial charge in [-0.15, -0.1) is 0 Å². The van der Waals surface area contributed by atoms with Crippen LogP contribution < -0.4 is 4.74 Å². The number of benzene rings is 1. The largest absolute Gasteiger partial charge is 0.456 e. The number of nitriles is 1. The molecule has 0 amide bonds. The summed E-state index contributed by atoms with van der Waals surface area (Å²) < 4.78 is 6.19. The number of nitrogens with zero attached hydrogens (tertiary/aromatic N) is 4.